The quantitative estimate of drug-likeness (QED) is 0.579. The molecule has 0 aromatic carbocycles. The minimum absolute atomic E-state index is 0.0407. The summed E-state index contributed by atoms with van der Waals surface area (Å²) in [5, 5.41) is 0. The summed E-state index contributed by atoms with van der Waals surface area (Å²) in [4.78, 5) is 23.1. The van der Waals surface area contributed by atoms with Crippen LogP contribution >= 0.6 is 0 Å². The van der Waals surface area contributed by atoms with Crippen molar-refractivity contribution in [3.8, 4) is 0 Å². The van der Waals surface area contributed by atoms with Gasteiger partial charge in [0.25, 0.3) is 0 Å². The zero-order valence-electron chi connectivity index (χ0n) is 7.79. The minimum Gasteiger partial charge on any atom is -0.469 e. The molecule has 0 saturated carbocycles. The molecule has 0 radical (unpaired) electrons. The van der Waals surface area contributed by atoms with Gasteiger partial charge >= 0.3 is 5.97 Å². The van der Waals surface area contributed by atoms with Crippen LogP contribution in [0.5, 0.6) is 0 Å². The van der Waals surface area contributed by atoms with E-state index in [1.54, 1.807) is 14.1 Å². The van der Waals surface area contributed by atoms with Gasteiger partial charge in [-0.1, -0.05) is 0 Å². The highest BCUT2D eigenvalue weighted by molar-refractivity contribution is 5.76. The van der Waals surface area contributed by atoms with E-state index < -0.39 is 0 Å². The fourth-order valence-electron chi connectivity index (χ4n) is 0.710. The highest BCUT2D eigenvalue weighted by Gasteiger charge is 2.05. The standard InChI is InChI=1S/C8H15NO3/c1-9(2)7(10)5-4-6-8(11)12-3/h4-6H2,1-3H3. The number of carbonyl (C=O) groups is 2. The molecule has 0 aliphatic rings. The Morgan fingerprint density at radius 3 is 2.25 bits per heavy atom. The summed E-state index contributed by atoms with van der Waals surface area (Å²) >= 11 is 0. The third-order valence-corrected chi connectivity index (χ3v) is 1.50. The van der Waals surface area contributed by atoms with E-state index in [-0.39, 0.29) is 11.9 Å². The van der Waals surface area contributed by atoms with Crippen molar-refractivity contribution in [1.29, 1.82) is 0 Å². The van der Waals surface area contributed by atoms with Gasteiger partial charge in [0.15, 0.2) is 0 Å². The second kappa shape index (κ2) is 5.57. The van der Waals surface area contributed by atoms with Gasteiger partial charge < -0.3 is 9.64 Å². The van der Waals surface area contributed by atoms with Gasteiger partial charge in [-0.15, -0.1) is 0 Å². The summed E-state index contributed by atoms with van der Waals surface area (Å²) in [6.07, 6.45) is 1.28. The molecule has 0 saturated heterocycles. The lowest BCUT2D eigenvalue weighted by atomic mass is 10.2. The molecular formula is C8H15NO3. The molecular weight excluding hydrogens is 158 g/mol. The predicted octanol–water partition coefficient (Wildman–Crippen LogP) is 0.418. The van der Waals surface area contributed by atoms with Crippen LogP contribution in [0.25, 0.3) is 0 Å². The average molecular weight is 173 g/mol. The first-order valence-corrected chi connectivity index (χ1v) is 3.85. The van der Waals surface area contributed by atoms with E-state index in [2.05, 4.69) is 4.74 Å². The van der Waals surface area contributed by atoms with Gasteiger partial charge in [-0.2, -0.15) is 0 Å². The Morgan fingerprint density at radius 2 is 1.83 bits per heavy atom. The Balaban J connectivity index is 3.44. The molecule has 4 nitrogen and oxygen atoms in total. The van der Waals surface area contributed by atoms with Crippen molar-refractivity contribution in [3.05, 3.63) is 0 Å². The number of hydrogen-bond donors (Lipinski definition) is 0. The van der Waals surface area contributed by atoms with Crippen LogP contribution in [-0.4, -0.2) is 38.0 Å². The van der Waals surface area contributed by atoms with E-state index in [1.807, 2.05) is 0 Å². The lowest BCUT2D eigenvalue weighted by Crippen LogP contribution is -2.21. The molecule has 0 rings (SSSR count). The van der Waals surface area contributed by atoms with Gasteiger partial charge in [0.1, 0.15) is 0 Å². The predicted molar refractivity (Wildman–Crippen MR) is 44.6 cm³/mol. The number of carbonyl (C=O) groups excluding carboxylic acids is 2. The Hall–Kier alpha value is -1.06. The molecule has 1 amide bonds. The molecule has 0 fully saturated rings. The van der Waals surface area contributed by atoms with Gasteiger partial charge in [-0.25, -0.2) is 0 Å². The van der Waals surface area contributed by atoms with E-state index in [4.69, 9.17) is 0 Å². The molecule has 0 aliphatic heterocycles. The minimum atomic E-state index is -0.262. The summed E-state index contributed by atoms with van der Waals surface area (Å²) in [6, 6.07) is 0. The fourth-order valence-corrected chi connectivity index (χ4v) is 0.710. The fraction of sp³-hybridized carbons (Fsp3) is 0.750. The molecule has 0 spiro atoms. The molecule has 0 atom stereocenters. The van der Waals surface area contributed by atoms with Crippen LogP contribution in [0.1, 0.15) is 19.3 Å². The molecule has 0 heterocycles. The molecule has 12 heavy (non-hydrogen) atoms. The normalized spacial score (nSPS) is 9.25. The van der Waals surface area contributed by atoms with Crippen molar-refractivity contribution in [2.45, 2.75) is 19.3 Å². The van der Waals surface area contributed by atoms with Crippen LogP contribution < -0.4 is 0 Å². The molecule has 0 aromatic rings. The first kappa shape index (κ1) is 10.9. The second-order valence-electron chi connectivity index (χ2n) is 2.72. The second-order valence-corrected chi connectivity index (χ2v) is 2.72. The van der Waals surface area contributed by atoms with E-state index in [0.717, 1.165) is 0 Å². The lowest BCUT2D eigenvalue weighted by Gasteiger charge is -2.08. The maximum Gasteiger partial charge on any atom is 0.305 e. The third kappa shape index (κ3) is 4.71. The number of rotatable bonds is 4. The van der Waals surface area contributed by atoms with Crippen molar-refractivity contribution in [2.75, 3.05) is 21.2 Å². The summed E-state index contributed by atoms with van der Waals surface area (Å²) in [6.45, 7) is 0. The molecule has 0 aliphatic carbocycles. The number of hydrogen-bond acceptors (Lipinski definition) is 3. The highest BCUT2D eigenvalue weighted by atomic mass is 16.5. The van der Waals surface area contributed by atoms with Crippen molar-refractivity contribution < 1.29 is 14.3 Å². The Bertz CT molecular complexity index is 166. The van der Waals surface area contributed by atoms with Crippen molar-refractivity contribution in [3.63, 3.8) is 0 Å². The van der Waals surface area contributed by atoms with Crippen LogP contribution in [0.3, 0.4) is 0 Å². The monoisotopic (exact) mass is 173 g/mol. The van der Waals surface area contributed by atoms with Crippen molar-refractivity contribution in [1.82, 2.24) is 4.90 Å². The van der Waals surface area contributed by atoms with E-state index >= 15 is 0 Å². The molecule has 0 N–H and O–H groups in total. The Morgan fingerprint density at radius 1 is 1.25 bits per heavy atom. The maximum absolute atomic E-state index is 11.0. The van der Waals surface area contributed by atoms with E-state index in [0.29, 0.717) is 19.3 Å². The van der Waals surface area contributed by atoms with Crippen LogP contribution in [0, 0.1) is 0 Å². The molecule has 4 heteroatoms. The Labute approximate surface area is 72.5 Å². The number of methoxy groups -OCH3 is 1. The summed E-state index contributed by atoms with van der Waals surface area (Å²) in [5.41, 5.74) is 0. The SMILES string of the molecule is COC(=O)CCCC(=O)N(C)C. The van der Waals surface area contributed by atoms with Gasteiger partial charge in [0.05, 0.1) is 7.11 Å². The topological polar surface area (TPSA) is 46.6 Å². The van der Waals surface area contributed by atoms with Crippen LogP contribution in [0.15, 0.2) is 0 Å². The highest BCUT2D eigenvalue weighted by Crippen LogP contribution is 1.98. The first-order chi connectivity index (χ1) is 5.57. The zero-order valence-corrected chi connectivity index (χ0v) is 7.79. The van der Waals surface area contributed by atoms with Gasteiger partial charge in [0, 0.05) is 26.9 Å². The average Bonchev–Trinajstić information content (AvgIpc) is 2.03. The molecule has 0 aromatic heterocycles. The molecule has 0 bridgehead atoms. The zero-order chi connectivity index (χ0) is 9.56. The smallest absolute Gasteiger partial charge is 0.305 e. The summed E-state index contributed by atoms with van der Waals surface area (Å²) in [5.74, 6) is -0.222. The lowest BCUT2D eigenvalue weighted by molar-refractivity contribution is -0.140. The number of esters is 1. The molecule has 70 valence electrons. The Kier molecular flexibility index (Phi) is 5.08. The largest absolute Gasteiger partial charge is 0.469 e. The van der Waals surface area contributed by atoms with Crippen molar-refractivity contribution >= 4 is 11.9 Å². The van der Waals surface area contributed by atoms with Gasteiger partial charge in [0.2, 0.25) is 5.91 Å². The number of amides is 1. The maximum atomic E-state index is 11.0. The number of ether oxygens (including phenoxy) is 1. The van der Waals surface area contributed by atoms with E-state index in [9.17, 15) is 9.59 Å². The van der Waals surface area contributed by atoms with E-state index in [1.165, 1.54) is 12.0 Å². The van der Waals surface area contributed by atoms with Crippen LogP contribution in [0.2, 0.25) is 0 Å². The summed E-state index contributed by atoms with van der Waals surface area (Å²) in [7, 11) is 4.73. The van der Waals surface area contributed by atoms with Crippen LogP contribution in [0.4, 0.5) is 0 Å². The number of nitrogens with zero attached hydrogens (tertiary/aromatic N) is 1. The van der Waals surface area contributed by atoms with Crippen molar-refractivity contribution in [2.24, 2.45) is 0 Å². The van der Waals surface area contributed by atoms with Gasteiger partial charge in [-0.3, -0.25) is 9.59 Å². The van der Waals surface area contributed by atoms with Crippen LogP contribution in [-0.2, 0) is 14.3 Å². The summed E-state index contributed by atoms with van der Waals surface area (Å²) < 4.78 is 4.43. The first-order valence-electron chi connectivity index (χ1n) is 3.85. The molecule has 0 unspecified atom stereocenters. The third-order valence-electron chi connectivity index (χ3n) is 1.50. The van der Waals surface area contributed by atoms with Gasteiger partial charge in [-0.05, 0) is 6.42 Å².